The molecule has 20 heavy (non-hydrogen) atoms. The highest BCUT2D eigenvalue weighted by molar-refractivity contribution is 7.88. The van der Waals surface area contributed by atoms with Crippen molar-refractivity contribution < 1.29 is 31.2 Å². The van der Waals surface area contributed by atoms with E-state index in [4.69, 9.17) is 0 Å². The number of alkyl halides is 3. The van der Waals surface area contributed by atoms with Crippen LogP contribution in [0.2, 0.25) is 0 Å². The first-order valence-corrected chi connectivity index (χ1v) is 7.95. The topological polar surface area (TPSA) is 75.7 Å². The molecular formula is C10H15F3N2O4S. The largest absolute Gasteiger partial charge is 0.492 e. The third-order valence-corrected chi connectivity index (χ3v) is 4.72. The van der Waals surface area contributed by atoms with Crippen molar-refractivity contribution in [2.75, 3.05) is 19.3 Å². The zero-order chi connectivity index (χ0) is 15.1. The minimum atomic E-state index is -5.23. The molecule has 0 unspecified atom stereocenters. The number of hydroxylamine groups is 1. The maximum absolute atomic E-state index is 12.2. The van der Waals surface area contributed by atoms with Crippen molar-refractivity contribution in [3.05, 3.63) is 0 Å². The van der Waals surface area contributed by atoms with Crippen LogP contribution in [-0.4, -0.2) is 50.4 Å². The molecular weight excluding hydrogens is 301 g/mol. The summed E-state index contributed by atoms with van der Waals surface area (Å²) in [6.07, 6.45) is -3.42. The van der Waals surface area contributed by atoms with Gasteiger partial charge in [0.25, 0.3) is 0 Å². The highest BCUT2D eigenvalue weighted by Crippen LogP contribution is 2.39. The molecule has 2 aliphatic rings. The number of carbonyl (C=O) groups is 1. The van der Waals surface area contributed by atoms with Crippen molar-refractivity contribution >= 4 is 16.0 Å². The molecule has 2 rings (SSSR count). The third-order valence-electron chi connectivity index (χ3n) is 3.72. The monoisotopic (exact) mass is 316 g/mol. The van der Waals surface area contributed by atoms with Crippen molar-refractivity contribution in [2.24, 2.45) is 11.8 Å². The summed E-state index contributed by atoms with van der Waals surface area (Å²) >= 11 is 0. The first-order valence-electron chi connectivity index (χ1n) is 6.10. The number of rotatable bonds is 3. The van der Waals surface area contributed by atoms with E-state index in [1.54, 1.807) is 0 Å². The average molecular weight is 316 g/mol. The Morgan fingerprint density at radius 1 is 1.30 bits per heavy atom. The second-order valence-corrected chi connectivity index (χ2v) is 6.95. The van der Waals surface area contributed by atoms with Gasteiger partial charge in [0.05, 0.1) is 12.3 Å². The Kier molecular flexibility index (Phi) is 4.00. The highest BCUT2D eigenvalue weighted by Gasteiger charge is 2.50. The van der Waals surface area contributed by atoms with Gasteiger partial charge in [-0.05, 0) is 42.2 Å². The van der Waals surface area contributed by atoms with E-state index < -0.39 is 28.2 Å². The van der Waals surface area contributed by atoms with Gasteiger partial charge in [-0.25, -0.2) is 13.2 Å². The summed E-state index contributed by atoms with van der Waals surface area (Å²) in [5.41, 5.74) is 0. The molecule has 0 bridgehead atoms. The van der Waals surface area contributed by atoms with Gasteiger partial charge in [0.1, 0.15) is 0 Å². The van der Waals surface area contributed by atoms with E-state index >= 15 is 0 Å². The Morgan fingerprint density at radius 2 is 1.95 bits per heavy atom. The maximum Gasteiger partial charge on any atom is 0.492 e. The molecule has 0 aromatic rings. The van der Waals surface area contributed by atoms with Crippen LogP contribution in [0.5, 0.6) is 0 Å². The summed E-state index contributed by atoms with van der Waals surface area (Å²) in [6, 6.07) is -0.740. The van der Waals surface area contributed by atoms with E-state index in [9.17, 15) is 26.4 Å². The lowest BCUT2D eigenvalue weighted by Crippen LogP contribution is -2.46. The van der Waals surface area contributed by atoms with Gasteiger partial charge in [-0.3, -0.25) is 0 Å². The SMILES string of the molecule is CS(=O)(=O)N(OC(=O)C(F)(F)F)[C@H]1CC[C@@H]2CNC[C@@H]21. The first-order chi connectivity index (χ1) is 9.10. The second-order valence-electron chi connectivity index (χ2n) is 5.12. The Morgan fingerprint density at radius 3 is 2.50 bits per heavy atom. The summed E-state index contributed by atoms with van der Waals surface area (Å²) in [6.45, 7) is 1.21. The van der Waals surface area contributed by atoms with E-state index in [0.717, 1.165) is 6.26 Å². The summed E-state index contributed by atoms with van der Waals surface area (Å²) in [5, 5.41) is 3.06. The lowest BCUT2D eigenvalue weighted by molar-refractivity contribution is -0.228. The quantitative estimate of drug-likeness (QED) is 0.756. The van der Waals surface area contributed by atoms with E-state index in [0.29, 0.717) is 25.9 Å². The number of nitrogens with zero attached hydrogens (tertiary/aromatic N) is 1. The molecule has 2 fully saturated rings. The molecule has 1 N–H and O–H groups in total. The van der Waals surface area contributed by atoms with Gasteiger partial charge in [-0.2, -0.15) is 13.2 Å². The number of fused-ring (bicyclic) bond motifs is 1. The molecule has 0 aromatic carbocycles. The van der Waals surface area contributed by atoms with Crippen LogP contribution in [0, 0.1) is 11.8 Å². The Bertz CT molecular complexity index is 493. The Hall–Kier alpha value is -0.870. The molecule has 0 spiro atoms. The molecule has 10 heteroatoms. The maximum atomic E-state index is 12.2. The number of hydrogen-bond acceptors (Lipinski definition) is 5. The molecule has 1 aliphatic carbocycles. The van der Waals surface area contributed by atoms with Crippen LogP contribution in [0.25, 0.3) is 0 Å². The summed E-state index contributed by atoms with van der Waals surface area (Å²) < 4.78 is 60.2. The highest BCUT2D eigenvalue weighted by atomic mass is 32.2. The van der Waals surface area contributed by atoms with E-state index in [2.05, 4.69) is 10.2 Å². The van der Waals surface area contributed by atoms with Crippen LogP contribution in [0.3, 0.4) is 0 Å². The fraction of sp³-hybridized carbons (Fsp3) is 0.900. The molecule has 6 nitrogen and oxygen atoms in total. The zero-order valence-corrected chi connectivity index (χ0v) is 11.5. The van der Waals surface area contributed by atoms with Crippen molar-refractivity contribution in [3.8, 4) is 0 Å². The fourth-order valence-corrected chi connectivity index (χ4v) is 3.85. The van der Waals surface area contributed by atoms with Gasteiger partial charge in [0.2, 0.25) is 10.0 Å². The second kappa shape index (κ2) is 5.15. The smallest absolute Gasteiger partial charge is 0.345 e. The van der Waals surface area contributed by atoms with E-state index in [1.807, 2.05) is 0 Å². The predicted molar refractivity (Wildman–Crippen MR) is 61.7 cm³/mol. The number of carbonyl (C=O) groups excluding carboxylic acids is 1. The predicted octanol–water partition coefficient (Wildman–Crippen LogP) is 0.267. The van der Waals surface area contributed by atoms with Crippen LogP contribution in [0.1, 0.15) is 12.8 Å². The number of nitrogens with one attached hydrogen (secondary N) is 1. The third kappa shape index (κ3) is 3.07. The lowest BCUT2D eigenvalue weighted by Gasteiger charge is -2.28. The van der Waals surface area contributed by atoms with Gasteiger partial charge in [-0.15, -0.1) is 0 Å². The van der Waals surface area contributed by atoms with E-state index in [1.165, 1.54) is 0 Å². The van der Waals surface area contributed by atoms with Gasteiger partial charge in [0.15, 0.2) is 0 Å². The lowest BCUT2D eigenvalue weighted by atomic mass is 9.98. The normalized spacial score (nSPS) is 30.6. The minimum absolute atomic E-state index is 0.134. The molecule has 0 amide bonds. The van der Waals surface area contributed by atoms with Crippen LogP contribution in [0.15, 0.2) is 0 Å². The number of halogens is 3. The van der Waals surface area contributed by atoms with Crippen molar-refractivity contribution in [1.82, 2.24) is 9.79 Å². The van der Waals surface area contributed by atoms with Crippen molar-refractivity contribution in [2.45, 2.75) is 25.1 Å². The van der Waals surface area contributed by atoms with Gasteiger partial charge >= 0.3 is 12.1 Å². The van der Waals surface area contributed by atoms with E-state index in [-0.39, 0.29) is 16.3 Å². The number of sulfonamides is 1. The molecule has 1 saturated carbocycles. The summed E-state index contributed by atoms with van der Waals surface area (Å²) in [7, 11) is -4.08. The molecule has 1 aliphatic heterocycles. The van der Waals surface area contributed by atoms with Crippen LogP contribution < -0.4 is 5.32 Å². The molecule has 1 saturated heterocycles. The number of hydrogen-bond donors (Lipinski definition) is 1. The molecule has 1 heterocycles. The van der Waals surface area contributed by atoms with Gasteiger partial charge in [0, 0.05) is 0 Å². The Balaban J connectivity index is 2.19. The van der Waals surface area contributed by atoms with Gasteiger partial charge < -0.3 is 10.2 Å². The Labute approximate surface area is 114 Å². The van der Waals surface area contributed by atoms with Gasteiger partial charge in [-0.1, -0.05) is 0 Å². The van der Waals surface area contributed by atoms with Crippen LogP contribution >= 0.6 is 0 Å². The standard InChI is InChI=1S/C10H15F3N2O4S/c1-20(17,18)15(19-9(16)10(11,12)13)8-3-2-6-4-14-5-7(6)8/h6-8,14H,2-5H2,1H3/t6-,7+,8+/m1/s1. The van der Waals surface area contributed by atoms with Crippen molar-refractivity contribution in [3.63, 3.8) is 0 Å². The van der Waals surface area contributed by atoms with Crippen LogP contribution in [-0.2, 0) is 19.7 Å². The summed E-state index contributed by atoms with van der Waals surface area (Å²) in [4.78, 5) is 15.0. The van der Waals surface area contributed by atoms with Crippen molar-refractivity contribution in [1.29, 1.82) is 0 Å². The van der Waals surface area contributed by atoms with Crippen LogP contribution in [0.4, 0.5) is 13.2 Å². The molecule has 116 valence electrons. The molecule has 3 atom stereocenters. The molecule has 0 radical (unpaired) electrons. The average Bonchev–Trinajstić information content (AvgIpc) is 2.84. The minimum Gasteiger partial charge on any atom is -0.345 e. The fourth-order valence-electron chi connectivity index (χ4n) is 2.90. The molecule has 0 aromatic heterocycles. The zero-order valence-electron chi connectivity index (χ0n) is 10.7. The first kappa shape index (κ1) is 15.5. The summed E-state index contributed by atoms with van der Waals surface area (Å²) in [5.74, 6) is -2.45.